The Kier molecular flexibility index (Phi) is 4.56. The van der Waals surface area contributed by atoms with Crippen LogP contribution in [0.1, 0.15) is 13.8 Å². The predicted molar refractivity (Wildman–Crippen MR) is 96.3 cm³/mol. The van der Waals surface area contributed by atoms with Crippen molar-refractivity contribution in [3.05, 3.63) is 52.5 Å². The minimum Gasteiger partial charge on any atom is -0.382 e. The van der Waals surface area contributed by atoms with Crippen LogP contribution in [0.4, 0.5) is 4.39 Å². The van der Waals surface area contributed by atoms with Crippen molar-refractivity contribution in [1.82, 2.24) is 9.55 Å². The fourth-order valence-electron chi connectivity index (χ4n) is 2.86. The van der Waals surface area contributed by atoms with Gasteiger partial charge in [0.15, 0.2) is 0 Å². The molecular weight excluding hydrogens is 350 g/mol. The Balaban J connectivity index is 2.27. The Bertz CT molecular complexity index is 905. The molecule has 3 nitrogen and oxygen atoms in total. The van der Waals surface area contributed by atoms with Gasteiger partial charge in [0.2, 0.25) is 0 Å². The third-order valence-corrected chi connectivity index (χ3v) is 4.52. The molecule has 0 aliphatic carbocycles. The zero-order chi connectivity index (χ0) is 17.5. The zero-order valence-corrected chi connectivity index (χ0v) is 15.1. The molecule has 0 aliphatic rings. The predicted octanol–water partition coefficient (Wildman–Crippen LogP) is 5.53. The molecule has 1 aromatic carbocycles. The number of rotatable bonds is 4. The standard InChI is InChI=1S/C18H17Cl2FN2O/c1-18(2,10-24-3)23-9-13(11-4-6-14(19)15(21)8-11)12-5-7-16(20)22-17(12)23/h4-9H,10H2,1-3H3. The molecule has 0 spiro atoms. The molecule has 24 heavy (non-hydrogen) atoms. The number of aromatic nitrogens is 2. The molecule has 6 heteroatoms. The molecule has 0 unspecified atom stereocenters. The quantitative estimate of drug-likeness (QED) is 0.567. The van der Waals surface area contributed by atoms with Crippen LogP contribution in [-0.2, 0) is 10.3 Å². The van der Waals surface area contributed by atoms with Crippen LogP contribution in [0, 0.1) is 5.82 Å². The van der Waals surface area contributed by atoms with Gasteiger partial charge in [-0.15, -0.1) is 0 Å². The van der Waals surface area contributed by atoms with Crippen molar-refractivity contribution >= 4 is 34.2 Å². The molecule has 0 atom stereocenters. The number of halogens is 3. The van der Waals surface area contributed by atoms with Gasteiger partial charge in [0.05, 0.1) is 17.2 Å². The maximum Gasteiger partial charge on any atom is 0.142 e. The lowest BCUT2D eigenvalue weighted by molar-refractivity contribution is 0.112. The highest BCUT2D eigenvalue weighted by molar-refractivity contribution is 6.31. The summed E-state index contributed by atoms with van der Waals surface area (Å²) in [4.78, 5) is 4.46. The number of nitrogens with zero attached hydrogens (tertiary/aromatic N) is 2. The SMILES string of the molecule is COCC(C)(C)n1cc(-c2ccc(Cl)c(F)c2)c2ccc(Cl)nc21. The number of ether oxygens (including phenoxy) is 1. The number of benzene rings is 1. The fourth-order valence-corrected chi connectivity index (χ4v) is 3.12. The summed E-state index contributed by atoms with van der Waals surface area (Å²) < 4.78 is 21.2. The maximum absolute atomic E-state index is 13.9. The Morgan fingerprint density at radius 3 is 2.62 bits per heavy atom. The first-order valence-corrected chi connectivity index (χ1v) is 8.21. The van der Waals surface area contributed by atoms with Gasteiger partial charge in [-0.1, -0.05) is 29.3 Å². The molecule has 0 bridgehead atoms. The van der Waals surface area contributed by atoms with Gasteiger partial charge in [0.25, 0.3) is 0 Å². The van der Waals surface area contributed by atoms with E-state index in [0.717, 1.165) is 22.2 Å². The summed E-state index contributed by atoms with van der Waals surface area (Å²) in [7, 11) is 1.66. The number of hydrogen-bond acceptors (Lipinski definition) is 2. The zero-order valence-electron chi connectivity index (χ0n) is 13.6. The summed E-state index contributed by atoms with van der Waals surface area (Å²) in [5.41, 5.74) is 2.00. The molecule has 0 radical (unpaired) electrons. The van der Waals surface area contributed by atoms with Gasteiger partial charge in [-0.3, -0.25) is 0 Å². The van der Waals surface area contributed by atoms with Crippen LogP contribution >= 0.6 is 23.2 Å². The minimum absolute atomic E-state index is 0.100. The Labute approximate surface area is 150 Å². The smallest absolute Gasteiger partial charge is 0.142 e. The first-order valence-electron chi connectivity index (χ1n) is 7.46. The van der Waals surface area contributed by atoms with Crippen LogP contribution < -0.4 is 0 Å². The lowest BCUT2D eigenvalue weighted by atomic mass is 10.1. The Hall–Kier alpha value is -1.62. The van der Waals surface area contributed by atoms with Gasteiger partial charge < -0.3 is 9.30 Å². The molecule has 0 amide bonds. The van der Waals surface area contributed by atoms with Crippen molar-refractivity contribution in [2.75, 3.05) is 13.7 Å². The first kappa shape index (κ1) is 17.2. The van der Waals surface area contributed by atoms with E-state index in [-0.39, 0.29) is 10.6 Å². The topological polar surface area (TPSA) is 27.1 Å². The van der Waals surface area contributed by atoms with Crippen LogP contribution in [0.15, 0.2) is 36.5 Å². The van der Waals surface area contributed by atoms with Crippen LogP contribution in [0.5, 0.6) is 0 Å². The monoisotopic (exact) mass is 366 g/mol. The first-order chi connectivity index (χ1) is 11.3. The highest BCUT2D eigenvalue weighted by Gasteiger charge is 2.25. The van der Waals surface area contributed by atoms with Crippen molar-refractivity contribution < 1.29 is 9.13 Å². The molecule has 126 valence electrons. The number of methoxy groups -OCH3 is 1. The molecule has 0 saturated heterocycles. The van der Waals surface area contributed by atoms with Crippen molar-refractivity contribution in [3.8, 4) is 11.1 Å². The van der Waals surface area contributed by atoms with Crippen molar-refractivity contribution in [2.45, 2.75) is 19.4 Å². The third-order valence-electron chi connectivity index (χ3n) is 4.00. The van der Waals surface area contributed by atoms with E-state index in [9.17, 15) is 4.39 Å². The van der Waals surface area contributed by atoms with Gasteiger partial charge in [0, 0.05) is 24.3 Å². The van der Waals surface area contributed by atoms with E-state index in [4.69, 9.17) is 27.9 Å². The van der Waals surface area contributed by atoms with Gasteiger partial charge in [-0.2, -0.15) is 0 Å². The number of pyridine rings is 1. The lowest BCUT2D eigenvalue weighted by Crippen LogP contribution is -2.31. The van der Waals surface area contributed by atoms with Crippen molar-refractivity contribution in [3.63, 3.8) is 0 Å². The Morgan fingerprint density at radius 1 is 1.21 bits per heavy atom. The van der Waals surface area contributed by atoms with Crippen molar-refractivity contribution in [2.24, 2.45) is 0 Å². The van der Waals surface area contributed by atoms with E-state index in [0.29, 0.717) is 11.8 Å². The second-order valence-electron chi connectivity index (χ2n) is 6.29. The van der Waals surface area contributed by atoms with E-state index in [1.54, 1.807) is 25.3 Å². The van der Waals surface area contributed by atoms with E-state index in [1.807, 2.05) is 30.7 Å². The van der Waals surface area contributed by atoms with E-state index >= 15 is 0 Å². The summed E-state index contributed by atoms with van der Waals surface area (Å²) in [6, 6.07) is 8.40. The van der Waals surface area contributed by atoms with E-state index in [2.05, 4.69) is 4.98 Å². The minimum atomic E-state index is -0.451. The van der Waals surface area contributed by atoms with Crippen LogP contribution in [-0.4, -0.2) is 23.3 Å². The average molecular weight is 367 g/mol. The second kappa shape index (κ2) is 6.36. The van der Waals surface area contributed by atoms with Crippen LogP contribution in [0.3, 0.4) is 0 Å². The summed E-state index contributed by atoms with van der Waals surface area (Å²) >= 11 is 11.9. The maximum atomic E-state index is 13.9. The summed E-state index contributed by atoms with van der Waals surface area (Å²) in [5, 5.41) is 1.40. The summed E-state index contributed by atoms with van der Waals surface area (Å²) in [5.74, 6) is -0.451. The lowest BCUT2D eigenvalue weighted by Gasteiger charge is -2.26. The average Bonchev–Trinajstić information content (AvgIpc) is 2.89. The highest BCUT2D eigenvalue weighted by Crippen LogP contribution is 2.35. The van der Waals surface area contributed by atoms with Crippen LogP contribution in [0.2, 0.25) is 10.2 Å². The summed E-state index contributed by atoms with van der Waals surface area (Å²) in [6.07, 6.45) is 1.95. The molecule has 0 saturated carbocycles. The van der Waals surface area contributed by atoms with Gasteiger partial charge in [-0.25, -0.2) is 9.37 Å². The molecule has 3 rings (SSSR count). The highest BCUT2D eigenvalue weighted by atomic mass is 35.5. The van der Waals surface area contributed by atoms with E-state index < -0.39 is 5.82 Å². The van der Waals surface area contributed by atoms with Gasteiger partial charge in [0.1, 0.15) is 16.6 Å². The number of fused-ring (bicyclic) bond motifs is 1. The molecule has 0 aliphatic heterocycles. The largest absolute Gasteiger partial charge is 0.382 e. The van der Waals surface area contributed by atoms with E-state index in [1.165, 1.54) is 6.07 Å². The molecule has 0 N–H and O–H groups in total. The Morgan fingerprint density at radius 2 is 1.96 bits per heavy atom. The molecule has 2 heterocycles. The van der Waals surface area contributed by atoms with Gasteiger partial charge in [-0.05, 0) is 43.7 Å². The molecule has 3 aromatic rings. The molecule has 0 fully saturated rings. The number of hydrogen-bond donors (Lipinski definition) is 0. The molecule has 2 aromatic heterocycles. The normalized spacial score (nSPS) is 12.1. The fraction of sp³-hybridized carbons (Fsp3) is 0.278. The van der Waals surface area contributed by atoms with Gasteiger partial charge >= 0.3 is 0 Å². The molecular formula is C18H17Cl2FN2O. The third kappa shape index (κ3) is 3.02. The second-order valence-corrected chi connectivity index (χ2v) is 7.09. The van der Waals surface area contributed by atoms with Crippen LogP contribution in [0.25, 0.3) is 22.2 Å². The summed E-state index contributed by atoms with van der Waals surface area (Å²) in [6.45, 7) is 4.59. The van der Waals surface area contributed by atoms with Crippen molar-refractivity contribution in [1.29, 1.82) is 0 Å².